The maximum Gasteiger partial charge on any atom is 0.315 e. The molecule has 1 saturated heterocycles. The van der Waals surface area contributed by atoms with Gasteiger partial charge in [0.1, 0.15) is 31.2 Å². The van der Waals surface area contributed by atoms with Crippen LogP contribution in [0, 0.1) is 46.3 Å². The molecular weight excluding hydrogens is 560 g/mol. The van der Waals surface area contributed by atoms with Gasteiger partial charge in [0, 0.05) is 30.1 Å². The van der Waals surface area contributed by atoms with Gasteiger partial charge in [-0.15, -0.1) is 0 Å². The molecule has 8 heteroatoms. The van der Waals surface area contributed by atoms with Crippen LogP contribution < -0.4 is 0 Å². The van der Waals surface area contributed by atoms with E-state index in [4.69, 9.17) is 18.9 Å². The Hall–Kier alpha value is -2.06. The molecule has 0 N–H and O–H groups in total. The predicted octanol–water partition coefficient (Wildman–Crippen LogP) is 5.89. The van der Waals surface area contributed by atoms with Gasteiger partial charge in [0.2, 0.25) is 0 Å². The van der Waals surface area contributed by atoms with E-state index in [1.54, 1.807) is 0 Å². The van der Waals surface area contributed by atoms with Gasteiger partial charge in [-0.05, 0) is 88.5 Å². The minimum absolute atomic E-state index is 0.0157. The molecule has 0 aromatic rings. The molecule has 0 aromatic carbocycles. The first-order chi connectivity index (χ1) is 21.0. The van der Waals surface area contributed by atoms with Crippen molar-refractivity contribution in [3.05, 3.63) is 11.6 Å². The van der Waals surface area contributed by atoms with E-state index in [1.807, 2.05) is 19.9 Å². The molecule has 0 aromatic heterocycles. The quantitative estimate of drug-likeness (QED) is 0.343. The summed E-state index contributed by atoms with van der Waals surface area (Å²) < 4.78 is 25.8. The maximum atomic E-state index is 13.7. The molecule has 6 aliphatic carbocycles. The number of allylic oxidation sites excluding steroid dienone is 1. The fourth-order valence-electron chi connectivity index (χ4n) is 10.6. The fourth-order valence-corrected chi connectivity index (χ4v) is 10.6. The van der Waals surface area contributed by atoms with E-state index in [9.17, 15) is 19.2 Å². The number of hydrogen-bond donors (Lipinski definition) is 0. The molecule has 11 unspecified atom stereocenters. The highest BCUT2D eigenvalue weighted by Gasteiger charge is 2.60. The number of hydrogen-bond acceptors (Lipinski definition) is 8. The van der Waals surface area contributed by atoms with E-state index in [0.29, 0.717) is 37.5 Å². The molecule has 242 valence electrons. The lowest BCUT2D eigenvalue weighted by Gasteiger charge is -2.50. The van der Waals surface area contributed by atoms with E-state index in [1.165, 1.54) is 6.42 Å². The Morgan fingerprint density at radius 2 is 1.64 bits per heavy atom. The van der Waals surface area contributed by atoms with Crippen molar-refractivity contribution in [1.29, 1.82) is 0 Å². The van der Waals surface area contributed by atoms with Crippen molar-refractivity contribution in [2.24, 2.45) is 46.3 Å². The predicted molar refractivity (Wildman–Crippen MR) is 160 cm³/mol. The van der Waals surface area contributed by atoms with Gasteiger partial charge in [-0.3, -0.25) is 19.2 Å². The zero-order valence-electron chi connectivity index (χ0n) is 26.8. The van der Waals surface area contributed by atoms with Crippen LogP contribution in [0.2, 0.25) is 0 Å². The summed E-state index contributed by atoms with van der Waals surface area (Å²) in [7, 11) is 0. The maximum absolute atomic E-state index is 13.7. The largest absolute Gasteiger partial charge is 0.462 e. The molecule has 0 radical (unpaired) electrons. The van der Waals surface area contributed by atoms with Crippen LogP contribution in [-0.4, -0.2) is 54.7 Å². The van der Waals surface area contributed by atoms with Crippen molar-refractivity contribution in [1.82, 2.24) is 0 Å². The number of carbonyl (C=O) groups excluding carboxylic acids is 4. The fraction of sp³-hybridized carbons (Fsp3) is 0.833. The zero-order valence-corrected chi connectivity index (χ0v) is 26.8. The SMILES string of the molecule is CC1CC2(C(=O)OCC3OC4(OC3COC(=O)C3(C)C=C5CC(CCC5=O)C3)C(C)CC3CCCC4C3)CCCC(C2)C1=O. The number of fused-ring (bicyclic) bond motifs is 7. The monoisotopic (exact) mass is 610 g/mol. The van der Waals surface area contributed by atoms with Crippen LogP contribution >= 0.6 is 0 Å². The van der Waals surface area contributed by atoms with E-state index < -0.39 is 28.8 Å². The van der Waals surface area contributed by atoms with Crippen molar-refractivity contribution < 1.29 is 38.1 Å². The van der Waals surface area contributed by atoms with Crippen LogP contribution in [0.25, 0.3) is 0 Å². The van der Waals surface area contributed by atoms with Crippen LogP contribution in [0.4, 0.5) is 0 Å². The first-order valence-corrected chi connectivity index (χ1v) is 17.5. The van der Waals surface area contributed by atoms with Gasteiger partial charge in [0.05, 0.1) is 10.8 Å². The Kier molecular flexibility index (Phi) is 7.87. The summed E-state index contributed by atoms with van der Waals surface area (Å²) in [5, 5.41) is 0. The molecule has 5 saturated carbocycles. The number of Topliss-reactive ketones (excluding diaryl/α,β-unsaturated/α-hetero) is 2. The molecule has 6 bridgehead atoms. The molecule has 7 rings (SSSR count). The van der Waals surface area contributed by atoms with E-state index >= 15 is 0 Å². The third-order valence-corrected chi connectivity index (χ3v) is 12.8. The summed E-state index contributed by atoms with van der Waals surface area (Å²) >= 11 is 0. The van der Waals surface area contributed by atoms with Crippen molar-refractivity contribution in [3.8, 4) is 0 Å². The molecule has 1 aliphatic heterocycles. The Morgan fingerprint density at radius 3 is 2.41 bits per heavy atom. The molecule has 11 atom stereocenters. The van der Waals surface area contributed by atoms with E-state index in [0.717, 1.165) is 63.4 Å². The van der Waals surface area contributed by atoms with Crippen LogP contribution in [0.15, 0.2) is 11.6 Å². The first kappa shape index (κ1) is 30.6. The Labute approximate surface area is 261 Å². The molecular formula is C36H50O8. The minimum atomic E-state index is -0.839. The summed E-state index contributed by atoms with van der Waals surface area (Å²) in [6.07, 6.45) is 12.7. The Balaban J connectivity index is 1.07. The van der Waals surface area contributed by atoms with Crippen molar-refractivity contribution >= 4 is 23.5 Å². The van der Waals surface area contributed by atoms with Crippen molar-refractivity contribution in [3.63, 3.8) is 0 Å². The summed E-state index contributed by atoms with van der Waals surface area (Å²) in [5.74, 6) is 0.377. The molecule has 8 nitrogen and oxygen atoms in total. The first-order valence-electron chi connectivity index (χ1n) is 17.5. The van der Waals surface area contributed by atoms with Gasteiger partial charge in [0.15, 0.2) is 11.6 Å². The molecule has 6 fully saturated rings. The molecule has 7 aliphatic rings. The van der Waals surface area contributed by atoms with Gasteiger partial charge in [-0.25, -0.2) is 0 Å². The second-order valence-corrected chi connectivity index (χ2v) is 16.0. The van der Waals surface area contributed by atoms with Crippen LogP contribution in [0.5, 0.6) is 0 Å². The van der Waals surface area contributed by atoms with Crippen molar-refractivity contribution in [2.75, 3.05) is 13.2 Å². The summed E-state index contributed by atoms with van der Waals surface area (Å²) in [6, 6.07) is 0. The number of ketones is 2. The average molecular weight is 611 g/mol. The van der Waals surface area contributed by atoms with Gasteiger partial charge in [0.25, 0.3) is 0 Å². The minimum Gasteiger partial charge on any atom is -0.462 e. The third kappa shape index (κ3) is 5.20. The Morgan fingerprint density at radius 1 is 0.886 bits per heavy atom. The standard InChI is InChI=1S/C36H50O8/c1-21-15-35(11-5-7-25(18-35)31(21)38)33(40)42-20-30-29(43-36(44-30)22(2)12-23-6-4-8-27(36)14-23)19-41-32(39)34(3)16-24-9-10-28(37)26(13-24)17-34/h17,21-25,27,29-30H,4-16,18-20H2,1-3H3. The second-order valence-electron chi connectivity index (χ2n) is 16.0. The number of carbonyl (C=O) groups is 4. The molecule has 1 heterocycles. The van der Waals surface area contributed by atoms with Crippen molar-refractivity contribution in [2.45, 2.75) is 129 Å². The van der Waals surface area contributed by atoms with Gasteiger partial charge < -0.3 is 18.9 Å². The average Bonchev–Trinajstić information content (AvgIpc) is 3.38. The van der Waals surface area contributed by atoms with Crippen LogP contribution in [0.3, 0.4) is 0 Å². The summed E-state index contributed by atoms with van der Waals surface area (Å²) in [5.41, 5.74) is -0.682. The third-order valence-electron chi connectivity index (χ3n) is 12.8. The summed E-state index contributed by atoms with van der Waals surface area (Å²) in [4.78, 5) is 52.5. The van der Waals surface area contributed by atoms with E-state index in [2.05, 4.69) is 6.92 Å². The normalized spacial score (nSPS) is 46.4. The lowest BCUT2D eigenvalue weighted by Crippen LogP contribution is -2.52. The number of ether oxygens (including phenoxy) is 4. The lowest BCUT2D eigenvalue weighted by molar-refractivity contribution is -0.271. The zero-order chi connectivity index (χ0) is 30.9. The molecule has 1 spiro atoms. The molecule has 44 heavy (non-hydrogen) atoms. The van der Waals surface area contributed by atoms with Crippen LogP contribution in [0.1, 0.15) is 111 Å². The highest BCUT2D eigenvalue weighted by atomic mass is 16.8. The Bertz CT molecular complexity index is 1230. The van der Waals surface area contributed by atoms with Crippen LogP contribution in [-0.2, 0) is 38.1 Å². The van der Waals surface area contributed by atoms with Gasteiger partial charge in [-0.1, -0.05) is 39.2 Å². The smallest absolute Gasteiger partial charge is 0.315 e. The van der Waals surface area contributed by atoms with Gasteiger partial charge >= 0.3 is 11.9 Å². The summed E-state index contributed by atoms with van der Waals surface area (Å²) in [6.45, 7) is 6.08. The lowest BCUT2D eigenvalue weighted by atomic mass is 9.58. The highest BCUT2D eigenvalue weighted by Crippen LogP contribution is 2.55. The number of esters is 2. The van der Waals surface area contributed by atoms with E-state index in [-0.39, 0.29) is 60.4 Å². The molecule has 0 amide bonds. The van der Waals surface area contributed by atoms with Gasteiger partial charge in [-0.2, -0.15) is 0 Å². The number of rotatable bonds is 6. The topological polar surface area (TPSA) is 105 Å². The highest BCUT2D eigenvalue weighted by molar-refractivity contribution is 5.97. The second kappa shape index (κ2) is 11.3.